The number of hydrogen-bond acceptors (Lipinski definition) is 6. The average molecular weight is 736 g/mol. The lowest BCUT2D eigenvalue weighted by atomic mass is 10.2. The van der Waals surface area contributed by atoms with Crippen molar-refractivity contribution in [3.05, 3.63) is 51.5 Å². The molecule has 0 spiro atoms. The van der Waals surface area contributed by atoms with E-state index in [1.807, 2.05) is 56.0 Å². The van der Waals surface area contributed by atoms with E-state index in [1.165, 1.54) is 12.4 Å². The predicted molar refractivity (Wildman–Crippen MR) is 129 cm³/mol. The molecule has 0 aliphatic carbocycles. The minimum absolute atomic E-state index is 0.000637. The molecule has 0 aromatic heterocycles. The SMILES string of the molecule is O=C(NN=Cc1cc(Br)cc(I)c1O)C(=O)N/N=C\c1cc(Br)cc(I)c1O. The number of nitrogens with one attached hydrogen (secondary N) is 2. The maximum absolute atomic E-state index is 11.7. The van der Waals surface area contributed by atoms with Gasteiger partial charge in [0.2, 0.25) is 0 Å². The van der Waals surface area contributed by atoms with E-state index in [-0.39, 0.29) is 11.5 Å². The van der Waals surface area contributed by atoms with Gasteiger partial charge in [0, 0.05) is 20.1 Å². The summed E-state index contributed by atoms with van der Waals surface area (Å²) in [6.45, 7) is 0. The van der Waals surface area contributed by atoms with Crippen LogP contribution in [0.25, 0.3) is 0 Å². The van der Waals surface area contributed by atoms with Crippen molar-refractivity contribution < 1.29 is 19.8 Å². The van der Waals surface area contributed by atoms with E-state index in [0.29, 0.717) is 18.3 Å². The van der Waals surface area contributed by atoms with Crippen LogP contribution in [0.4, 0.5) is 0 Å². The van der Waals surface area contributed by atoms with Crippen LogP contribution in [-0.4, -0.2) is 34.5 Å². The average Bonchev–Trinajstić information content (AvgIpc) is 2.62. The Kier molecular flexibility index (Phi) is 8.63. The van der Waals surface area contributed by atoms with Crippen LogP contribution < -0.4 is 10.9 Å². The van der Waals surface area contributed by atoms with E-state index in [2.05, 4.69) is 42.1 Å². The zero-order valence-corrected chi connectivity index (χ0v) is 21.1. The first-order chi connectivity index (χ1) is 13.2. The van der Waals surface area contributed by atoms with Crippen LogP contribution in [0.3, 0.4) is 0 Å². The summed E-state index contributed by atoms with van der Waals surface area (Å²) < 4.78 is 2.63. The van der Waals surface area contributed by atoms with Crippen molar-refractivity contribution in [1.82, 2.24) is 10.9 Å². The number of amides is 2. The van der Waals surface area contributed by atoms with Gasteiger partial charge in [-0.1, -0.05) is 31.9 Å². The quantitative estimate of drug-likeness (QED) is 0.167. The van der Waals surface area contributed by atoms with Crippen LogP contribution in [0.5, 0.6) is 11.5 Å². The Labute approximate surface area is 203 Å². The van der Waals surface area contributed by atoms with Gasteiger partial charge in [0.25, 0.3) is 0 Å². The second kappa shape index (κ2) is 10.5. The van der Waals surface area contributed by atoms with Gasteiger partial charge in [-0.25, -0.2) is 10.9 Å². The smallest absolute Gasteiger partial charge is 0.331 e. The van der Waals surface area contributed by atoms with E-state index in [0.717, 1.165) is 8.95 Å². The van der Waals surface area contributed by atoms with Gasteiger partial charge in [-0.3, -0.25) is 9.59 Å². The highest BCUT2D eigenvalue weighted by atomic mass is 127. The molecule has 2 aromatic carbocycles. The first kappa shape index (κ1) is 23.0. The van der Waals surface area contributed by atoms with Gasteiger partial charge in [-0.15, -0.1) is 0 Å². The van der Waals surface area contributed by atoms with Crippen LogP contribution in [0, 0.1) is 7.14 Å². The summed E-state index contributed by atoms with van der Waals surface area (Å²) >= 11 is 10.5. The Hall–Kier alpha value is -1.26. The molecule has 2 rings (SSSR count). The molecule has 0 bridgehead atoms. The molecule has 28 heavy (non-hydrogen) atoms. The lowest BCUT2D eigenvalue weighted by molar-refractivity contribution is -0.139. The summed E-state index contributed by atoms with van der Waals surface area (Å²) in [4.78, 5) is 23.5. The third-order valence-electron chi connectivity index (χ3n) is 3.06. The van der Waals surface area contributed by atoms with Gasteiger partial charge >= 0.3 is 11.8 Å². The molecule has 0 heterocycles. The highest BCUT2D eigenvalue weighted by Gasteiger charge is 2.12. The highest BCUT2D eigenvalue weighted by molar-refractivity contribution is 14.1. The first-order valence-corrected chi connectivity index (χ1v) is 11.0. The Bertz CT molecular complexity index is 920. The fourth-order valence-corrected chi connectivity index (χ4v) is 4.89. The van der Waals surface area contributed by atoms with Gasteiger partial charge in [0.15, 0.2) is 0 Å². The number of carbonyl (C=O) groups is 2. The first-order valence-electron chi connectivity index (χ1n) is 7.21. The number of rotatable bonds is 4. The minimum atomic E-state index is -1.05. The van der Waals surface area contributed by atoms with E-state index < -0.39 is 11.8 Å². The molecular formula is C16H10Br2I2N4O4. The number of halogens is 4. The molecule has 146 valence electrons. The number of carbonyl (C=O) groups excluding carboxylic acids is 2. The van der Waals surface area contributed by atoms with Gasteiger partial charge in [-0.05, 0) is 69.4 Å². The zero-order valence-electron chi connectivity index (χ0n) is 13.6. The number of hydrazone groups is 2. The molecule has 0 aliphatic rings. The fraction of sp³-hybridized carbons (Fsp3) is 0. The fourth-order valence-electron chi connectivity index (χ4n) is 1.79. The Balaban J connectivity index is 1.96. The Morgan fingerprint density at radius 1 is 0.821 bits per heavy atom. The number of nitrogens with zero attached hydrogens (tertiary/aromatic N) is 2. The molecular weight excluding hydrogens is 726 g/mol. The molecule has 2 amide bonds. The molecule has 0 radical (unpaired) electrons. The van der Waals surface area contributed by atoms with Gasteiger partial charge < -0.3 is 10.2 Å². The van der Waals surface area contributed by atoms with Crippen molar-refractivity contribution in [2.24, 2.45) is 10.2 Å². The lowest BCUT2D eigenvalue weighted by Gasteiger charge is -2.03. The van der Waals surface area contributed by atoms with Gasteiger partial charge in [0.05, 0.1) is 19.6 Å². The van der Waals surface area contributed by atoms with E-state index in [4.69, 9.17) is 0 Å². The number of aromatic hydroxyl groups is 2. The molecule has 2 aromatic rings. The normalized spacial score (nSPS) is 11.1. The maximum atomic E-state index is 11.7. The zero-order chi connectivity index (χ0) is 20.8. The van der Waals surface area contributed by atoms with Crippen molar-refractivity contribution in [2.75, 3.05) is 0 Å². The summed E-state index contributed by atoms with van der Waals surface area (Å²) in [5, 5.41) is 27.1. The van der Waals surface area contributed by atoms with Crippen molar-refractivity contribution in [3.8, 4) is 11.5 Å². The molecule has 0 saturated carbocycles. The molecule has 0 saturated heterocycles. The standard InChI is InChI=1S/C16H10Br2I2N4O4/c17-9-1-7(13(25)11(19)3-9)5-21-23-15(27)16(28)24-22-6-8-2-10(18)4-12(20)14(8)26/h1-6,25-26H,(H,23,27)(H,24,28)/b21-5-,22-6?. The summed E-state index contributed by atoms with van der Waals surface area (Å²) in [5.74, 6) is -2.10. The number of hydrogen-bond donors (Lipinski definition) is 4. The van der Waals surface area contributed by atoms with Crippen molar-refractivity contribution >= 4 is 101 Å². The van der Waals surface area contributed by atoms with E-state index in [9.17, 15) is 19.8 Å². The summed E-state index contributed by atoms with van der Waals surface area (Å²) in [6.07, 6.45) is 2.41. The lowest BCUT2D eigenvalue weighted by Crippen LogP contribution is -2.35. The third-order valence-corrected chi connectivity index (χ3v) is 5.62. The van der Waals surface area contributed by atoms with Gasteiger partial charge in [-0.2, -0.15) is 10.2 Å². The summed E-state index contributed by atoms with van der Waals surface area (Å²) in [5.41, 5.74) is 4.78. The second-order valence-corrected chi connectivity index (χ2v) is 9.20. The topological polar surface area (TPSA) is 123 Å². The number of benzene rings is 2. The monoisotopic (exact) mass is 734 g/mol. The number of phenols is 2. The third kappa shape index (κ3) is 6.38. The van der Waals surface area contributed by atoms with Crippen molar-refractivity contribution in [3.63, 3.8) is 0 Å². The molecule has 8 nitrogen and oxygen atoms in total. The molecule has 0 unspecified atom stereocenters. The van der Waals surface area contributed by atoms with Crippen LogP contribution >= 0.6 is 77.0 Å². The van der Waals surface area contributed by atoms with Crippen LogP contribution in [0.15, 0.2) is 43.4 Å². The molecule has 0 atom stereocenters. The molecule has 0 fully saturated rings. The highest BCUT2D eigenvalue weighted by Crippen LogP contribution is 2.28. The van der Waals surface area contributed by atoms with Crippen molar-refractivity contribution in [1.29, 1.82) is 0 Å². The second-order valence-electron chi connectivity index (χ2n) is 5.05. The maximum Gasteiger partial charge on any atom is 0.331 e. The van der Waals surface area contributed by atoms with Gasteiger partial charge in [0.1, 0.15) is 11.5 Å². The summed E-state index contributed by atoms with van der Waals surface area (Å²) in [6, 6.07) is 6.62. The minimum Gasteiger partial charge on any atom is -0.506 e. The predicted octanol–water partition coefficient (Wildman–Crippen LogP) is 3.43. The van der Waals surface area contributed by atoms with E-state index >= 15 is 0 Å². The molecule has 0 aliphatic heterocycles. The van der Waals surface area contributed by atoms with E-state index in [1.54, 1.807) is 24.3 Å². The van der Waals surface area contributed by atoms with Crippen LogP contribution in [0.2, 0.25) is 0 Å². The van der Waals surface area contributed by atoms with Crippen LogP contribution in [-0.2, 0) is 9.59 Å². The van der Waals surface area contributed by atoms with Crippen molar-refractivity contribution in [2.45, 2.75) is 0 Å². The Morgan fingerprint density at radius 2 is 1.18 bits per heavy atom. The summed E-state index contributed by atoms with van der Waals surface area (Å²) in [7, 11) is 0. The molecule has 4 N–H and O–H groups in total. The molecule has 12 heteroatoms. The largest absolute Gasteiger partial charge is 0.506 e. The number of phenolic OH excluding ortho intramolecular Hbond substituents is 2. The van der Waals surface area contributed by atoms with Crippen LogP contribution in [0.1, 0.15) is 11.1 Å². The Morgan fingerprint density at radius 3 is 1.54 bits per heavy atom.